The maximum atomic E-state index is 12.7. The Balaban J connectivity index is 3.11. The summed E-state index contributed by atoms with van der Waals surface area (Å²) in [4.78, 5) is 10.9. The lowest BCUT2D eigenvalue weighted by Crippen LogP contribution is -2.40. The van der Waals surface area contributed by atoms with Crippen molar-refractivity contribution in [1.82, 2.24) is 5.32 Å². The van der Waals surface area contributed by atoms with Crippen molar-refractivity contribution < 1.29 is 9.13 Å². The third-order valence-electron chi connectivity index (χ3n) is 3.38. The van der Waals surface area contributed by atoms with Gasteiger partial charge in [0, 0.05) is 12.1 Å². The molecule has 3 unspecified atom stereocenters. The minimum absolute atomic E-state index is 0.0596. The third kappa shape index (κ3) is 3.86. The van der Waals surface area contributed by atoms with E-state index in [1.54, 1.807) is 18.2 Å². The molecular weight excluding hydrogens is 276 g/mol. The Morgan fingerprint density at radius 1 is 1.35 bits per heavy atom. The van der Waals surface area contributed by atoms with Crippen molar-refractivity contribution in [2.75, 3.05) is 7.05 Å². The van der Waals surface area contributed by atoms with Crippen molar-refractivity contribution in [3.8, 4) is 0 Å². The topological polar surface area (TPSA) is 72.2 Å². The number of hydrogen-bond donors (Lipinski definition) is 1. The van der Waals surface area contributed by atoms with Crippen LogP contribution in [-0.4, -0.2) is 27.5 Å². The van der Waals surface area contributed by atoms with Crippen LogP contribution in [0.4, 0.5) is 5.69 Å². The Bertz CT molecular complexity index is 479. The highest BCUT2D eigenvalue weighted by atomic mass is 32.2. The maximum Gasteiger partial charge on any atom is 0.285 e. The van der Waals surface area contributed by atoms with Crippen LogP contribution in [0.25, 0.3) is 0 Å². The summed E-state index contributed by atoms with van der Waals surface area (Å²) in [5.41, 5.74) is -0.0596. The first-order valence-electron chi connectivity index (χ1n) is 6.88. The first kappa shape index (κ1) is 16.8. The molecule has 0 aromatic heterocycles. The fourth-order valence-corrected chi connectivity index (χ4v) is 4.11. The Labute approximate surface area is 122 Å². The van der Waals surface area contributed by atoms with E-state index in [2.05, 4.69) is 12.2 Å². The average molecular weight is 298 g/mol. The van der Waals surface area contributed by atoms with Gasteiger partial charge in [-0.15, -0.1) is 0 Å². The summed E-state index contributed by atoms with van der Waals surface area (Å²) in [6.45, 7) is 4.04. The largest absolute Gasteiger partial charge is 0.316 e. The lowest BCUT2D eigenvalue weighted by atomic mass is 10.1. The van der Waals surface area contributed by atoms with Gasteiger partial charge < -0.3 is 5.32 Å². The van der Waals surface area contributed by atoms with Crippen molar-refractivity contribution in [3.05, 3.63) is 34.4 Å². The summed E-state index contributed by atoms with van der Waals surface area (Å²) >= 11 is 0. The molecule has 0 aliphatic heterocycles. The highest BCUT2D eigenvalue weighted by molar-refractivity contribution is 7.86. The number of rotatable bonds is 8. The van der Waals surface area contributed by atoms with Crippen molar-refractivity contribution in [2.24, 2.45) is 0 Å². The third-order valence-corrected chi connectivity index (χ3v) is 5.37. The zero-order chi connectivity index (χ0) is 15.1. The molecular formula is C14H22N2O3S. The summed E-state index contributed by atoms with van der Waals surface area (Å²) in [6, 6.07) is 6.40. The first-order valence-corrected chi connectivity index (χ1v) is 8.09. The second-order valence-corrected chi connectivity index (χ2v) is 6.29. The van der Waals surface area contributed by atoms with Gasteiger partial charge in [0.15, 0.2) is 0 Å². The van der Waals surface area contributed by atoms with Gasteiger partial charge in [-0.3, -0.25) is 14.3 Å². The number of hydrogen-bond acceptors (Lipinski definition) is 4. The minimum Gasteiger partial charge on any atom is -0.316 e. The molecule has 3 atom stereocenters. The molecule has 0 heterocycles. The predicted molar refractivity (Wildman–Crippen MR) is 81.3 cm³/mol. The normalized spacial score (nSPS) is 15.6. The van der Waals surface area contributed by atoms with Gasteiger partial charge in [-0.25, -0.2) is 0 Å². The zero-order valence-corrected chi connectivity index (χ0v) is 13.0. The minimum atomic E-state index is -1.39. The van der Waals surface area contributed by atoms with Crippen LogP contribution in [-0.2, 0) is 10.8 Å². The van der Waals surface area contributed by atoms with Gasteiger partial charge in [0.1, 0.15) is 4.90 Å². The molecule has 20 heavy (non-hydrogen) atoms. The smallest absolute Gasteiger partial charge is 0.285 e. The molecule has 1 aromatic carbocycles. The Morgan fingerprint density at radius 3 is 2.50 bits per heavy atom. The standard InChI is InChI=1S/C14H22N2O3S/c1-4-8-11(15-3)13(5-2)20(19)14-10-7-6-9-12(14)16(17)18/h6-7,9-11,13,15H,4-5,8H2,1-3H3. The average Bonchev–Trinajstić information content (AvgIpc) is 2.46. The van der Waals surface area contributed by atoms with Gasteiger partial charge in [0.2, 0.25) is 0 Å². The maximum absolute atomic E-state index is 12.7. The second kappa shape index (κ2) is 8.11. The van der Waals surface area contributed by atoms with Crippen LogP contribution >= 0.6 is 0 Å². The van der Waals surface area contributed by atoms with Crippen LogP contribution in [0.2, 0.25) is 0 Å². The van der Waals surface area contributed by atoms with Crippen LogP contribution in [0.3, 0.4) is 0 Å². The number of nitro benzene ring substituents is 1. The quantitative estimate of drug-likeness (QED) is 0.591. The molecule has 0 saturated carbocycles. The Hall–Kier alpha value is -1.27. The van der Waals surface area contributed by atoms with Gasteiger partial charge >= 0.3 is 0 Å². The molecule has 0 radical (unpaired) electrons. The molecule has 0 aliphatic carbocycles. The number of benzene rings is 1. The second-order valence-electron chi connectivity index (χ2n) is 4.65. The van der Waals surface area contributed by atoms with E-state index in [9.17, 15) is 14.3 Å². The summed E-state index contributed by atoms with van der Waals surface area (Å²) in [5.74, 6) is 0. The van der Waals surface area contributed by atoms with E-state index in [1.165, 1.54) is 6.07 Å². The van der Waals surface area contributed by atoms with Crippen molar-refractivity contribution >= 4 is 16.5 Å². The van der Waals surface area contributed by atoms with E-state index in [0.717, 1.165) is 12.8 Å². The van der Waals surface area contributed by atoms with Gasteiger partial charge in [0.05, 0.1) is 21.0 Å². The van der Waals surface area contributed by atoms with Crippen LogP contribution in [0.5, 0.6) is 0 Å². The lowest BCUT2D eigenvalue weighted by molar-refractivity contribution is -0.387. The van der Waals surface area contributed by atoms with Crippen molar-refractivity contribution in [1.29, 1.82) is 0 Å². The first-order chi connectivity index (χ1) is 9.56. The molecule has 0 fully saturated rings. The van der Waals surface area contributed by atoms with Crippen LogP contribution in [0.1, 0.15) is 33.1 Å². The van der Waals surface area contributed by atoms with E-state index >= 15 is 0 Å². The van der Waals surface area contributed by atoms with Gasteiger partial charge in [0.25, 0.3) is 5.69 Å². The fraction of sp³-hybridized carbons (Fsp3) is 0.571. The molecule has 1 rings (SSSR count). The van der Waals surface area contributed by atoms with Crippen LogP contribution in [0.15, 0.2) is 29.2 Å². The van der Waals surface area contributed by atoms with Crippen LogP contribution in [0, 0.1) is 10.1 Å². The highest BCUT2D eigenvalue weighted by Gasteiger charge is 2.29. The van der Waals surface area contributed by atoms with Gasteiger partial charge in [-0.1, -0.05) is 32.4 Å². The van der Waals surface area contributed by atoms with E-state index in [1.807, 2.05) is 14.0 Å². The monoisotopic (exact) mass is 298 g/mol. The van der Waals surface area contributed by atoms with E-state index < -0.39 is 15.7 Å². The van der Waals surface area contributed by atoms with Crippen molar-refractivity contribution in [2.45, 2.75) is 49.3 Å². The number of nitrogens with one attached hydrogen (secondary N) is 1. The molecule has 112 valence electrons. The molecule has 6 heteroatoms. The Kier molecular flexibility index (Phi) is 6.81. The number of nitro groups is 1. The zero-order valence-electron chi connectivity index (χ0n) is 12.2. The fourth-order valence-electron chi connectivity index (χ4n) is 2.35. The van der Waals surface area contributed by atoms with Crippen molar-refractivity contribution in [3.63, 3.8) is 0 Å². The van der Waals surface area contributed by atoms with Gasteiger partial charge in [-0.05, 0) is 26.0 Å². The molecule has 0 saturated heterocycles. The van der Waals surface area contributed by atoms with E-state index in [-0.39, 0.29) is 17.0 Å². The molecule has 1 aromatic rings. The summed E-state index contributed by atoms with van der Waals surface area (Å²) in [6.07, 6.45) is 2.60. The molecule has 0 amide bonds. The molecule has 0 spiro atoms. The summed E-state index contributed by atoms with van der Waals surface area (Å²) < 4.78 is 12.7. The van der Waals surface area contributed by atoms with E-state index in [0.29, 0.717) is 11.3 Å². The summed E-state index contributed by atoms with van der Waals surface area (Å²) in [5, 5.41) is 14.1. The van der Waals surface area contributed by atoms with Gasteiger partial charge in [-0.2, -0.15) is 0 Å². The Morgan fingerprint density at radius 2 is 2.00 bits per heavy atom. The van der Waals surface area contributed by atoms with E-state index in [4.69, 9.17) is 0 Å². The lowest BCUT2D eigenvalue weighted by Gasteiger charge is -2.24. The summed E-state index contributed by atoms with van der Waals surface area (Å²) in [7, 11) is 0.458. The number of para-hydroxylation sites is 1. The molecule has 0 aliphatic rings. The highest BCUT2D eigenvalue weighted by Crippen LogP contribution is 2.26. The predicted octanol–water partition coefficient (Wildman–Crippen LogP) is 2.87. The van der Waals surface area contributed by atoms with Crippen LogP contribution < -0.4 is 5.32 Å². The molecule has 1 N–H and O–H groups in total. The number of nitrogens with zero attached hydrogens (tertiary/aromatic N) is 1. The SMILES string of the molecule is CCCC(NC)C(CC)S(=O)c1ccccc1[N+](=O)[O-]. The molecule has 5 nitrogen and oxygen atoms in total. The molecule has 0 bridgehead atoms.